The molecule has 2 atom stereocenters. The molecule has 2 aliphatic rings. The molecule has 2 aliphatic heterocycles. The molecule has 5 heteroatoms. The molecule has 0 bridgehead atoms. The lowest BCUT2D eigenvalue weighted by Crippen LogP contribution is -2.65. The summed E-state index contributed by atoms with van der Waals surface area (Å²) in [4.78, 5) is 27.9. The largest absolute Gasteiger partial charge is 0.383 e. The number of methoxy groups -OCH3 is 1. The summed E-state index contributed by atoms with van der Waals surface area (Å²) in [5, 5.41) is 0. The van der Waals surface area contributed by atoms with E-state index in [1.54, 1.807) is 23.8 Å². The number of ether oxygens (including phenoxy) is 1. The number of amides is 2. The van der Waals surface area contributed by atoms with Gasteiger partial charge in [0.25, 0.3) is 0 Å². The molecule has 17 heavy (non-hydrogen) atoms. The van der Waals surface area contributed by atoms with E-state index >= 15 is 0 Å². The number of carbonyl (C=O) groups is 2. The first kappa shape index (κ1) is 12.4. The van der Waals surface area contributed by atoms with Gasteiger partial charge >= 0.3 is 0 Å². The summed E-state index contributed by atoms with van der Waals surface area (Å²) in [6.45, 7) is 3.53. The van der Waals surface area contributed by atoms with Gasteiger partial charge in [0.05, 0.1) is 6.61 Å². The summed E-state index contributed by atoms with van der Waals surface area (Å²) in [6, 6.07) is -0.559. The van der Waals surface area contributed by atoms with Gasteiger partial charge in [-0.25, -0.2) is 0 Å². The van der Waals surface area contributed by atoms with Crippen molar-refractivity contribution in [2.75, 3.05) is 26.8 Å². The molecule has 5 nitrogen and oxygen atoms in total. The monoisotopic (exact) mass is 240 g/mol. The van der Waals surface area contributed by atoms with Crippen LogP contribution in [0, 0.1) is 0 Å². The van der Waals surface area contributed by atoms with Crippen LogP contribution in [0.2, 0.25) is 0 Å². The third kappa shape index (κ3) is 2.16. The quantitative estimate of drug-likeness (QED) is 0.710. The number of piperazine rings is 1. The Morgan fingerprint density at radius 3 is 2.76 bits per heavy atom. The fourth-order valence-corrected chi connectivity index (χ4v) is 2.70. The molecule has 2 rings (SSSR count). The van der Waals surface area contributed by atoms with E-state index in [9.17, 15) is 9.59 Å². The minimum absolute atomic E-state index is 0.0883. The summed E-state index contributed by atoms with van der Waals surface area (Å²) < 4.78 is 4.99. The Morgan fingerprint density at radius 2 is 2.06 bits per heavy atom. The standard InChI is InChI=1S/C12H20N2O3/c1-9-11(15)14-6-4-3-5-10(14)12(16)13(9)7-8-17-2/h9-10H,3-8H2,1-2H3. The number of carbonyl (C=O) groups excluding carboxylic acids is 2. The third-order valence-electron chi connectivity index (χ3n) is 3.72. The lowest BCUT2D eigenvalue weighted by Gasteiger charge is -2.46. The smallest absolute Gasteiger partial charge is 0.246 e. The summed E-state index contributed by atoms with van der Waals surface area (Å²) >= 11 is 0. The van der Waals surface area contributed by atoms with Crippen LogP contribution in [-0.4, -0.2) is 60.5 Å². The maximum absolute atomic E-state index is 12.3. The van der Waals surface area contributed by atoms with E-state index in [1.807, 2.05) is 0 Å². The molecule has 0 aromatic carbocycles. The second-order valence-corrected chi connectivity index (χ2v) is 4.74. The number of rotatable bonds is 3. The molecule has 0 radical (unpaired) electrons. The predicted molar refractivity (Wildman–Crippen MR) is 62.4 cm³/mol. The Balaban J connectivity index is 2.14. The van der Waals surface area contributed by atoms with Gasteiger partial charge in [-0.1, -0.05) is 0 Å². The maximum Gasteiger partial charge on any atom is 0.246 e. The molecule has 96 valence electrons. The second-order valence-electron chi connectivity index (χ2n) is 4.74. The average Bonchev–Trinajstić information content (AvgIpc) is 2.36. The van der Waals surface area contributed by atoms with E-state index in [4.69, 9.17) is 4.74 Å². The molecule has 0 spiro atoms. The Kier molecular flexibility index (Phi) is 3.66. The molecule has 0 saturated carbocycles. The SMILES string of the molecule is COCCN1C(=O)C2CCCCN2C(=O)C1C. The fraction of sp³-hybridized carbons (Fsp3) is 0.833. The van der Waals surface area contributed by atoms with Crippen molar-refractivity contribution in [2.24, 2.45) is 0 Å². The van der Waals surface area contributed by atoms with Crippen molar-refractivity contribution in [1.29, 1.82) is 0 Å². The van der Waals surface area contributed by atoms with Crippen molar-refractivity contribution in [2.45, 2.75) is 38.3 Å². The first-order chi connectivity index (χ1) is 8.16. The van der Waals surface area contributed by atoms with Crippen LogP contribution < -0.4 is 0 Å². The number of hydrogen-bond donors (Lipinski definition) is 0. The molecule has 0 aliphatic carbocycles. The molecule has 0 N–H and O–H groups in total. The molecule has 2 heterocycles. The lowest BCUT2D eigenvalue weighted by molar-refractivity contribution is -0.163. The minimum atomic E-state index is -0.341. The van der Waals surface area contributed by atoms with Crippen molar-refractivity contribution in [3.63, 3.8) is 0 Å². The highest BCUT2D eigenvalue weighted by Gasteiger charge is 2.44. The van der Waals surface area contributed by atoms with Gasteiger partial charge in [-0.05, 0) is 26.2 Å². The van der Waals surface area contributed by atoms with Crippen LogP contribution in [0.4, 0.5) is 0 Å². The van der Waals surface area contributed by atoms with Crippen LogP contribution in [-0.2, 0) is 14.3 Å². The fourth-order valence-electron chi connectivity index (χ4n) is 2.70. The van der Waals surface area contributed by atoms with Gasteiger partial charge in [0.2, 0.25) is 11.8 Å². The first-order valence-corrected chi connectivity index (χ1v) is 6.26. The minimum Gasteiger partial charge on any atom is -0.383 e. The van der Waals surface area contributed by atoms with Gasteiger partial charge < -0.3 is 14.5 Å². The number of hydrogen-bond acceptors (Lipinski definition) is 3. The number of piperidine rings is 1. The number of fused-ring (bicyclic) bond motifs is 1. The zero-order valence-electron chi connectivity index (χ0n) is 10.5. The van der Waals surface area contributed by atoms with E-state index in [0.717, 1.165) is 25.8 Å². The third-order valence-corrected chi connectivity index (χ3v) is 3.72. The van der Waals surface area contributed by atoms with E-state index in [-0.39, 0.29) is 23.9 Å². The zero-order valence-corrected chi connectivity index (χ0v) is 10.5. The van der Waals surface area contributed by atoms with Crippen LogP contribution in [0.1, 0.15) is 26.2 Å². The van der Waals surface area contributed by atoms with Gasteiger partial charge in [0.1, 0.15) is 12.1 Å². The van der Waals surface area contributed by atoms with Crippen LogP contribution in [0.25, 0.3) is 0 Å². The highest BCUT2D eigenvalue weighted by Crippen LogP contribution is 2.25. The summed E-state index contributed by atoms with van der Waals surface area (Å²) in [7, 11) is 1.60. The highest BCUT2D eigenvalue weighted by atomic mass is 16.5. The van der Waals surface area contributed by atoms with Gasteiger partial charge in [-0.3, -0.25) is 9.59 Å². The van der Waals surface area contributed by atoms with E-state index in [2.05, 4.69) is 0 Å². The van der Waals surface area contributed by atoms with E-state index in [1.165, 1.54) is 0 Å². The average molecular weight is 240 g/mol. The van der Waals surface area contributed by atoms with Crippen LogP contribution in [0.15, 0.2) is 0 Å². The zero-order chi connectivity index (χ0) is 12.4. The molecule has 0 aromatic rings. The van der Waals surface area contributed by atoms with E-state index in [0.29, 0.717) is 13.2 Å². The van der Waals surface area contributed by atoms with Crippen molar-refractivity contribution >= 4 is 11.8 Å². The normalized spacial score (nSPS) is 29.5. The molecular formula is C12H20N2O3. The first-order valence-electron chi connectivity index (χ1n) is 6.26. The molecule has 2 fully saturated rings. The predicted octanol–water partition coefficient (Wildman–Crippen LogP) is 0.245. The van der Waals surface area contributed by atoms with Gasteiger partial charge in [-0.2, -0.15) is 0 Å². The Labute approximate surface area is 102 Å². The Bertz CT molecular complexity index is 319. The van der Waals surface area contributed by atoms with Crippen molar-refractivity contribution in [3.8, 4) is 0 Å². The summed E-state index contributed by atoms with van der Waals surface area (Å²) in [6.07, 6.45) is 2.85. The molecule has 2 saturated heterocycles. The molecule has 0 aromatic heterocycles. The second kappa shape index (κ2) is 5.04. The summed E-state index contributed by atoms with van der Waals surface area (Å²) in [5.74, 6) is 0.180. The van der Waals surface area contributed by atoms with Crippen LogP contribution in [0.5, 0.6) is 0 Å². The highest BCUT2D eigenvalue weighted by molar-refractivity contribution is 5.96. The topological polar surface area (TPSA) is 49.9 Å². The van der Waals surface area contributed by atoms with E-state index < -0.39 is 0 Å². The molecule has 2 unspecified atom stereocenters. The number of nitrogens with zero attached hydrogens (tertiary/aromatic N) is 2. The Morgan fingerprint density at radius 1 is 1.29 bits per heavy atom. The molecular weight excluding hydrogens is 220 g/mol. The van der Waals surface area contributed by atoms with Gasteiger partial charge in [0.15, 0.2) is 0 Å². The van der Waals surface area contributed by atoms with Crippen LogP contribution >= 0.6 is 0 Å². The Hall–Kier alpha value is -1.10. The maximum atomic E-state index is 12.3. The van der Waals surface area contributed by atoms with Gasteiger partial charge in [-0.15, -0.1) is 0 Å². The van der Waals surface area contributed by atoms with Crippen molar-refractivity contribution in [3.05, 3.63) is 0 Å². The van der Waals surface area contributed by atoms with Gasteiger partial charge in [0, 0.05) is 20.2 Å². The summed E-state index contributed by atoms with van der Waals surface area (Å²) in [5.41, 5.74) is 0. The van der Waals surface area contributed by atoms with Crippen molar-refractivity contribution < 1.29 is 14.3 Å². The molecule has 2 amide bonds. The lowest BCUT2D eigenvalue weighted by atomic mass is 9.96. The van der Waals surface area contributed by atoms with Crippen LogP contribution in [0.3, 0.4) is 0 Å². The van der Waals surface area contributed by atoms with Crippen molar-refractivity contribution in [1.82, 2.24) is 9.80 Å².